The lowest BCUT2D eigenvalue weighted by atomic mass is 10.3. The van der Waals surface area contributed by atoms with Crippen LogP contribution < -0.4 is 0 Å². The van der Waals surface area contributed by atoms with Crippen LogP contribution in [0.2, 0.25) is 0 Å². The molecule has 9 heavy (non-hydrogen) atoms. The van der Waals surface area contributed by atoms with E-state index >= 15 is 0 Å². The van der Waals surface area contributed by atoms with Crippen molar-refractivity contribution in [1.82, 2.24) is 0 Å². The quantitative estimate of drug-likeness (QED) is 0.547. The summed E-state index contributed by atoms with van der Waals surface area (Å²) in [6, 6.07) is 0. The summed E-state index contributed by atoms with van der Waals surface area (Å²) in [6.45, 7) is 8.81. The third kappa shape index (κ3) is 4.17. The second-order valence-electron chi connectivity index (χ2n) is 3.26. The van der Waals surface area contributed by atoms with Crippen molar-refractivity contribution in [1.29, 1.82) is 0 Å². The van der Waals surface area contributed by atoms with Crippen LogP contribution in [0.5, 0.6) is 0 Å². The summed E-state index contributed by atoms with van der Waals surface area (Å²) >= 11 is 6.12. The fraction of sp³-hybridized carbons (Fsp3) is 1.00. The number of hydrogen-bond acceptors (Lipinski definition) is 0. The van der Waals surface area contributed by atoms with Gasteiger partial charge < -0.3 is 0 Å². The monoisotopic (exact) mass is 166 g/mol. The highest BCUT2D eigenvalue weighted by Crippen LogP contribution is 2.53. The number of halogens is 1. The standard InChI is InChI=1S/C7H16ClP/c1-5-6-9(8)7(2,3)4/h5-6H2,1-4H3. The molecule has 1 unspecified atom stereocenters. The fourth-order valence-corrected chi connectivity index (χ4v) is 2.10. The first kappa shape index (κ1) is 9.72. The van der Waals surface area contributed by atoms with Crippen molar-refractivity contribution >= 4 is 18.5 Å². The van der Waals surface area contributed by atoms with Crippen molar-refractivity contribution in [3.05, 3.63) is 0 Å². The van der Waals surface area contributed by atoms with Gasteiger partial charge in [0.15, 0.2) is 0 Å². The predicted molar refractivity (Wildman–Crippen MR) is 47.7 cm³/mol. The molecule has 0 aromatic carbocycles. The van der Waals surface area contributed by atoms with Crippen molar-refractivity contribution in [2.75, 3.05) is 6.16 Å². The van der Waals surface area contributed by atoms with E-state index < -0.39 is 0 Å². The molecule has 0 heterocycles. The van der Waals surface area contributed by atoms with Crippen LogP contribution in [0.15, 0.2) is 0 Å². The molecule has 0 aromatic rings. The van der Waals surface area contributed by atoms with E-state index in [1.807, 2.05) is 0 Å². The van der Waals surface area contributed by atoms with Gasteiger partial charge in [-0.05, 0) is 18.6 Å². The van der Waals surface area contributed by atoms with E-state index in [0.29, 0.717) is 5.16 Å². The van der Waals surface area contributed by atoms with Gasteiger partial charge in [0.2, 0.25) is 0 Å². The molecule has 0 aromatic heterocycles. The first-order valence-electron chi connectivity index (χ1n) is 3.42. The molecule has 0 rings (SSSR count). The van der Waals surface area contributed by atoms with E-state index in [9.17, 15) is 0 Å². The van der Waals surface area contributed by atoms with Crippen molar-refractivity contribution < 1.29 is 0 Å². The smallest absolute Gasteiger partial charge is 0.00410 e. The summed E-state index contributed by atoms with van der Waals surface area (Å²) in [4.78, 5) is 0. The number of hydrogen-bond donors (Lipinski definition) is 0. The molecule has 2 heteroatoms. The van der Waals surface area contributed by atoms with Crippen LogP contribution in [0, 0.1) is 0 Å². The van der Waals surface area contributed by atoms with Crippen LogP contribution in [-0.2, 0) is 0 Å². The molecule has 0 aliphatic carbocycles. The van der Waals surface area contributed by atoms with E-state index in [1.165, 1.54) is 12.6 Å². The molecule has 1 atom stereocenters. The molecule has 0 radical (unpaired) electrons. The van der Waals surface area contributed by atoms with E-state index in [2.05, 4.69) is 27.7 Å². The zero-order valence-electron chi connectivity index (χ0n) is 6.74. The topological polar surface area (TPSA) is 0 Å². The normalized spacial score (nSPS) is 15.7. The van der Waals surface area contributed by atoms with Crippen LogP contribution in [0.1, 0.15) is 34.1 Å². The van der Waals surface area contributed by atoms with Crippen LogP contribution >= 0.6 is 18.5 Å². The molecule has 0 aliphatic heterocycles. The second-order valence-corrected chi connectivity index (χ2v) is 6.99. The molecule has 0 amide bonds. The van der Waals surface area contributed by atoms with Gasteiger partial charge >= 0.3 is 0 Å². The van der Waals surface area contributed by atoms with Crippen LogP contribution in [0.4, 0.5) is 0 Å². The molecule has 0 N–H and O–H groups in total. The first-order valence-corrected chi connectivity index (χ1v) is 5.85. The summed E-state index contributed by atoms with van der Waals surface area (Å²) in [5, 5.41) is 0.340. The highest BCUT2D eigenvalue weighted by atomic mass is 35.7. The molecular weight excluding hydrogens is 151 g/mol. The molecule has 0 saturated heterocycles. The predicted octanol–water partition coefficient (Wildman–Crippen LogP) is 3.83. The van der Waals surface area contributed by atoms with Crippen LogP contribution in [0.3, 0.4) is 0 Å². The Hall–Kier alpha value is 0.720. The maximum absolute atomic E-state index is 6.12. The summed E-state index contributed by atoms with van der Waals surface area (Å²) in [6.07, 6.45) is 2.41. The number of rotatable bonds is 2. The van der Waals surface area contributed by atoms with Crippen molar-refractivity contribution in [2.45, 2.75) is 39.3 Å². The van der Waals surface area contributed by atoms with Gasteiger partial charge in [0.1, 0.15) is 0 Å². The second kappa shape index (κ2) is 3.78. The third-order valence-electron chi connectivity index (χ3n) is 1.15. The molecule has 0 aliphatic rings. The third-order valence-corrected chi connectivity index (χ3v) is 5.47. The minimum atomic E-state index is -0.249. The van der Waals surface area contributed by atoms with Crippen molar-refractivity contribution in [3.63, 3.8) is 0 Å². The summed E-state index contributed by atoms with van der Waals surface area (Å²) in [5.41, 5.74) is 0. The molecule has 0 fully saturated rings. The zero-order chi connectivity index (χ0) is 7.49. The Morgan fingerprint density at radius 3 is 1.89 bits per heavy atom. The Kier molecular flexibility index (Phi) is 4.09. The van der Waals surface area contributed by atoms with Gasteiger partial charge in [-0.3, -0.25) is 0 Å². The SMILES string of the molecule is CCCP(Cl)C(C)(C)C. The summed E-state index contributed by atoms with van der Waals surface area (Å²) < 4.78 is 0. The lowest BCUT2D eigenvalue weighted by Gasteiger charge is -2.24. The Morgan fingerprint density at radius 1 is 1.33 bits per heavy atom. The minimum Gasteiger partial charge on any atom is -0.0959 e. The van der Waals surface area contributed by atoms with Gasteiger partial charge in [0.05, 0.1) is 0 Å². The Morgan fingerprint density at radius 2 is 1.78 bits per heavy atom. The van der Waals surface area contributed by atoms with Gasteiger partial charge in [0.25, 0.3) is 0 Å². The van der Waals surface area contributed by atoms with Crippen LogP contribution in [-0.4, -0.2) is 11.3 Å². The highest BCUT2D eigenvalue weighted by Gasteiger charge is 2.20. The first-order chi connectivity index (χ1) is 3.98. The molecule has 0 bridgehead atoms. The van der Waals surface area contributed by atoms with Gasteiger partial charge in [-0.2, -0.15) is 0 Å². The minimum absolute atomic E-state index is 0.249. The van der Waals surface area contributed by atoms with E-state index in [0.717, 1.165) is 0 Å². The molecule has 56 valence electrons. The zero-order valence-corrected chi connectivity index (χ0v) is 8.39. The lowest BCUT2D eigenvalue weighted by molar-refractivity contribution is 0.786. The summed E-state index contributed by atoms with van der Waals surface area (Å²) in [7, 11) is -0.249. The van der Waals surface area contributed by atoms with Gasteiger partial charge in [-0.1, -0.05) is 45.4 Å². The maximum Gasteiger partial charge on any atom is -0.00410 e. The Balaban J connectivity index is 3.59. The van der Waals surface area contributed by atoms with E-state index in [1.54, 1.807) is 0 Å². The average Bonchev–Trinajstić information content (AvgIpc) is 1.64. The van der Waals surface area contributed by atoms with Crippen molar-refractivity contribution in [3.8, 4) is 0 Å². The molecule has 0 spiro atoms. The van der Waals surface area contributed by atoms with Gasteiger partial charge in [0, 0.05) is 0 Å². The Bertz CT molecular complexity index is 75.5. The average molecular weight is 167 g/mol. The van der Waals surface area contributed by atoms with Crippen molar-refractivity contribution in [2.24, 2.45) is 0 Å². The maximum atomic E-state index is 6.12. The lowest BCUT2D eigenvalue weighted by Crippen LogP contribution is -2.09. The molecular formula is C7H16ClP. The van der Waals surface area contributed by atoms with Crippen LogP contribution in [0.25, 0.3) is 0 Å². The molecule has 0 saturated carbocycles. The van der Waals surface area contributed by atoms with E-state index in [-0.39, 0.29) is 7.27 Å². The fourth-order valence-electron chi connectivity index (χ4n) is 0.532. The Labute approximate surface area is 64.5 Å². The van der Waals surface area contributed by atoms with Gasteiger partial charge in [-0.25, -0.2) is 0 Å². The van der Waals surface area contributed by atoms with E-state index in [4.69, 9.17) is 11.2 Å². The summed E-state index contributed by atoms with van der Waals surface area (Å²) in [5.74, 6) is 0. The molecule has 0 nitrogen and oxygen atoms in total. The largest absolute Gasteiger partial charge is 0.0959 e. The van der Waals surface area contributed by atoms with Gasteiger partial charge in [-0.15, -0.1) is 0 Å². The highest BCUT2D eigenvalue weighted by molar-refractivity contribution is 7.85.